The third kappa shape index (κ3) is 1.76. The molecule has 18 heavy (non-hydrogen) atoms. The van der Waals surface area contributed by atoms with Gasteiger partial charge in [0.05, 0.1) is 17.5 Å². The zero-order valence-electron chi connectivity index (χ0n) is 8.85. The Morgan fingerprint density at radius 2 is 2.06 bits per heavy atom. The highest BCUT2D eigenvalue weighted by atomic mass is 32.1. The minimum Gasteiger partial charge on any atom is -0.225 e. The minimum atomic E-state index is -4.35. The molecule has 7 heteroatoms. The van der Waals surface area contributed by atoms with Crippen molar-refractivity contribution in [2.75, 3.05) is 0 Å². The largest absolute Gasteiger partial charge is 0.416 e. The van der Waals surface area contributed by atoms with Gasteiger partial charge in [-0.1, -0.05) is 23.5 Å². The number of hydrogen-bond acceptors (Lipinski definition) is 3. The van der Waals surface area contributed by atoms with E-state index < -0.39 is 11.7 Å². The summed E-state index contributed by atoms with van der Waals surface area (Å²) in [6.45, 7) is 0. The van der Waals surface area contributed by atoms with Crippen molar-refractivity contribution in [2.45, 2.75) is 6.18 Å². The molecule has 0 saturated heterocycles. The van der Waals surface area contributed by atoms with Gasteiger partial charge in [-0.15, -0.1) is 0 Å². The van der Waals surface area contributed by atoms with Crippen LogP contribution in [0, 0.1) is 0 Å². The van der Waals surface area contributed by atoms with Gasteiger partial charge in [0.1, 0.15) is 5.51 Å². The van der Waals surface area contributed by atoms with E-state index in [2.05, 4.69) is 10.1 Å². The van der Waals surface area contributed by atoms with E-state index in [4.69, 9.17) is 0 Å². The first-order valence-electron chi connectivity index (χ1n) is 5.00. The Morgan fingerprint density at radius 3 is 2.83 bits per heavy atom. The fourth-order valence-corrected chi connectivity index (χ4v) is 2.28. The smallest absolute Gasteiger partial charge is 0.225 e. The van der Waals surface area contributed by atoms with E-state index in [-0.39, 0.29) is 0 Å². The second-order valence-corrected chi connectivity index (χ2v) is 4.47. The zero-order chi connectivity index (χ0) is 12.8. The van der Waals surface area contributed by atoms with Crippen molar-refractivity contribution in [3.63, 3.8) is 0 Å². The molecule has 0 atom stereocenters. The number of aromatic nitrogens is 3. The van der Waals surface area contributed by atoms with Gasteiger partial charge < -0.3 is 0 Å². The summed E-state index contributed by atoms with van der Waals surface area (Å²) in [5.41, 5.74) is 1.92. The molecular weight excluding hydrogens is 263 g/mol. The van der Waals surface area contributed by atoms with Crippen LogP contribution < -0.4 is 0 Å². The summed E-state index contributed by atoms with van der Waals surface area (Å²) in [7, 11) is 0. The third-order valence-electron chi connectivity index (χ3n) is 2.51. The van der Waals surface area contributed by atoms with Gasteiger partial charge in [-0.25, -0.2) is 9.50 Å². The molecule has 3 nitrogen and oxygen atoms in total. The Hall–Kier alpha value is -1.89. The molecule has 0 aliphatic heterocycles. The molecule has 0 unspecified atom stereocenters. The molecule has 0 bridgehead atoms. The van der Waals surface area contributed by atoms with Crippen LogP contribution in [0.5, 0.6) is 0 Å². The molecule has 0 radical (unpaired) electrons. The lowest BCUT2D eigenvalue weighted by molar-refractivity contribution is -0.137. The van der Waals surface area contributed by atoms with E-state index in [1.54, 1.807) is 11.6 Å². The summed E-state index contributed by atoms with van der Waals surface area (Å²) in [6.07, 6.45) is -2.82. The fourth-order valence-electron chi connectivity index (χ4n) is 1.69. The molecule has 0 fully saturated rings. The van der Waals surface area contributed by atoms with Crippen molar-refractivity contribution in [2.24, 2.45) is 0 Å². The molecule has 0 spiro atoms. The monoisotopic (exact) mass is 269 g/mol. The van der Waals surface area contributed by atoms with Crippen LogP contribution in [-0.4, -0.2) is 14.6 Å². The van der Waals surface area contributed by atoms with Crippen molar-refractivity contribution in [1.29, 1.82) is 0 Å². The van der Waals surface area contributed by atoms with Gasteiger partial charge >= 0.3 is 6.18 Å². The number of halogens is 3. The summed E-state index contributed by atoms with van der Waals surface area (Å²) in [5.74, 6) is 0. The van der Waals surface area contributed by atoms with Crippen LogP contribution in [0.2, 0.25) is 0 Å². The number of hydrogen-bond donors (Lipinski definition) is 0. The molecule has 2 aromatic heterocycles. The van der Waals surface area contributed by atoms with Crippen LogP contribution in [-0.2, 0) is 6.18 Å². The summed E-state index contributed by atoms with van der Waals surface area (Å²) in [5, 5.41) is 4.04. The number of rotatable bonds is 1. The number of imidazole rings is 1. The average molecular weight is 269 g/mol. The maximum atomic E-state index is 12.6. The van der Waals surface area contributed by atoms with Gasteiger partial charge in [0.2, 0.25) is 4.96 Å². The molecule has 1 aromatic carbocycles. The van der Waals surface area contributed by atoms with Crippen molar-refractivity contribution in [1.82, 2.24) is 14.6 Å². The maximum Gasteiger partial charge on any atom is 0.416 e. The number of nitrogens with zero attached hydrogens (tertiary/aromatic N) is 3. The highest BCUT2D eigenvalue weighted by Gasteiger charge is 2.30. The maximum absolute atomic E-state index is 12.6. The van der Waals surface area contributed by atoms with Gasteiger partial charge in [0, 0.05) is 5.56 Å². The average Bonchev–Trinajstić information content (AvgIpc) is 2.89. The zero-order valence-corrected chi connectivity index (χ0v) is 9.66. The summed E-state index contributed by atoms with van der Waals surface area (Å²) < 4.78 is 39.4. The highest BCUT2D eigenvalue weighted by Crippen LogP contribution is 2.32. The first-order valence-corrected chi connectivity index (χ1v) is 5.88. The van der Waals surface area contributed by atoms with Crippen LogP contribution in [0.25, 0.3) is 16.2 Å². The van der Waals surface area contributed by atoms with Crippen LogP contribution >= 0.6 is 11.3 Å². The van der Waals surface area contributed by atoms with E-state index in [0.717, 1.165) is 12.1 Å². The second kappa shape index (κ2) is 3.81. The quantitative estimate of drug-likeness (QED) is 0.677. The molecule has 0 aliphatic rings. The molecule has 0 N–H and O–H groups in total. The molecule has 0 saturated carbocycles. The Balaban J connectivity index is 2.16. The first-order chi connectivity index (χ1) is 8.55. The Morgan fingerprint density at radius 1 is 1.22 bits per heavy atom. The summed E-state index contributed by atoms with van der Waals surface area (Å²) >= 11 is 1.33. The molecule has 2 heterocycles. The van der Waals surface area contributed by atoms with E-state index in [0.29, 0.717) is 16.2 Å². The van der Waals surface area contributed by atoms with Gasteiger partial charge in [-0.2, -0.15) is 18.3 Å². The number of benzene rings is 1. The number of fused-ring (bicyclic) bond motifs is 1. The van der Waals surface area contributed by atoms with Crippen LogP contribution in [0.1, 0.15) is 5.56 Å². The van der Waals surface area contributed by atoms with Gasteiger partial charge in [-0.05, 0) is 12.1 Å². The van der Waals surface area contributed by atoms with Gasteiger partial charge in [0.25, 0.3) is 0 Å². The minimum absolute atomic E-state index is 0.447. The van der Waals surface area contributed by atoms with Gasteiger partial charge in [-0.3, -0.25) is 0 Å². The third-order valence-corrected chi connectivity index (χ3v) is 3.20. The van der Waals surface area contributed by atoms with Crippen molar-refractivity contribution in [3.8, 4) is 11.3 Å². The highest BCUT2D eigenvalue weighted by molar-refractivity contribution is 7.14. The predicted molar refractivity (Wildman–Crippen MR) is 61.3 cm³/mol. The lowest BCUT2D eigenvalue weighted by Gasteiger charge is -2.07. The lowest BCUT2D eigenvalue weighted by Crippen LogP contribution is -2.04. The van der Waals surface area contributed by atoms with Crippen LogP contribution in [0.3, 0.4) is 0 Å². The van der Waals surface area contributed by atoms with E-state index in [1.807, 2.05) is 0 Å². The van der Waals surface area contributed by atoms with Crippen molar-refractivity contribution >= 4 is 16.3 Å². The Labute approximate surface area is 104 Å². The van der Waals surface area contributed by atoms with E-state index in [9.17, 15) is 13.2 Å². The summed E-state index contributed by atoms with van der Waals surface area (Å²) in [4.78, 5) is 4.74. The molecule has 3 rings (SSSR count). The van der Waals surface area contributed by atoms with E-state index >= 15 is 0 Å². The Bertz CT molecular complexity index is 699. The predicted octanol–water partition coefficient (Wildman–Crippen LogP) is 3.48. The molecule has 0 amide bonds. The normalized spacial score (nSPS) is 12.2. The molecular formula is C11H6F3N3S. The Kier molecular flexibility index (Phi) is 2.37. The number of alkyl halides is 3. The summed E-state index contributed by atoms with van der Waals surface area (Å²) in [6, 6.07) is 5.13. The molecule has 0 aliphatic carbocycles. The van der Waals surface area contributed by atoms with Crippen molar-refractivity contribution < 1.29 is 13.2 Å². The first kappa shape index (κ1) is 11.2. The topological polar surface area (TPSA) is 30.2 Å². The second-order valence-electron chi connectivity index (χ2n) is 3.66. The van der Waals surface area contributed by atoms with Crippen LogP contribution in [0.4, 0.5) is 13.2 Å². The fraction of sp³-hybridized carbons (Fsp3) is 0.0909. The SMILES string of the molecule is FC(F)(F)c1cccc(-c2cnc3scnn23)c1. The van der Waals surface area contributed by atoms with Crippen molar-refractivity contribution in [3.05, 3.63) is 41.5 Å². The molecule has 3 aromatic rings. The standard InChI is InChI=1S/C11H6F3N3S/c12-11(13,14)8-3-1-2-7(4-8)9-5-15-10-17(9)16-6-18-10/h1-6H. The van der Waals surface area contributed by atoms with Gasteiger partial charge in [0.15, 0.2) is 0 Å². The lowest BCUT2D eigenvalue weighted by atomic mass is 10.1. The van der Waals surface area contributed by atoms with E-state index in [1.165, 1.54) is 28.1 Å². The molecule has 92 valence electrons. The van der Waals surface area contributed by atoms with Crippen LogP contribution in [0.15, 0.2) is 36.0 Å².